The lowest BCUT2D eigenvalue weighted by molar-refractivity contribution is -0.153. The van der Waals surface area contributed by atoms with Gasteiger partial charge in [0.1, 0.15) is 48.3 Å². The van der Waals surface area contributed by atoms with Crippen LogP contribution in [0.4, 0.5) is 0 Å². The number of fused-ring (bicyclic) bond motifs is 5. The van der Waals surface area contributed by atoms with Gasteiger partial charge in [-0.2, -0.15) is 0 Å². The maximum absolute atomic E-state index is 15.5. The van der Waals surface area contributed by atoms with Gasteiger partial charge >= 0.3 is 0 Å². The highest BCUT2D eigenvalue weighted by Gasteiger charge is 2.52. The molecule has 92 heavy (non-hydrogen) atoms. The van der Waals surface area contributed by atoms with Crippen molar-refractivity contribution in [1.82, 2.24) is 51.5 Å². The molecule has 502 valence electrons. The highest BCUT2D eigenvalue weighted by Crippen LogP contribution is 2.41. The molecule has 1 aromatic heterocycles. The molecule has 1 saturated carbocycles. The van der Waals surface area contributed by atoms with Crippen LogP contribution < -0.4 is 72.0 Å². The summed E-state index contributed by atoms with van der Waals surface area (Å²) in [6.07, 6.45) is 4.12. The molecule has 32 heteroatoms. The number of benzene rings is 1. The maximum atomic E-state index is 15.5. The first-order chi connectivity index (χ1) is 44.1. The second kappa shape index (κ2) is 32.6. The van der Waals surface area contributed by atoms with Crippen LogP contribution in [0.2, 0.25) is 0 Å². The molecule has 8 rings (SSSR count). The normalized spacial score (nSPS) is 25.0. The first-order valence-corrected chi connectivity index (χ1v) is 32.6. The molecule has 1 aromatic carbocycles. The molecule has 6 aliphatic rings. The molecule has 3 unspecified atom stereocenters. The van der Waals surface area contributed by atoms with Gasteiger partial charge in [0, 0.05) is 76.0 Å². The molecule has 10 amide bonds. The molecule has 21 N–H and O–H groups in total. The second-order valence-electron chi connectivity index (χ2n) is 24.5. The van der Waals surface area contributed by atoms with Crippen LogP contribution in [0.15, 0.2) is 56.8 Å². The molecule has 1 aliphatic carbocycles. The van der Waals surface area contributed by atoms with E-state index < -0.39 is 126 Å². The third-order valence-electron chi connectivity index (χ3n) is 18.0. The summed E-state index contributed by atoms with van der Waals surface area (Å²) in [6.45, 7) is -0.456. The van der Waals surface area contributed by atoms with Gasteiger partial charge in [0.05, 0.1) is 18.7 Å². The molecular formula is C60H90N20O11S. The Hall–Kier alpha value is -8.65. The number of hydrogen-bond acceptors (Lipinski definition) is 16. The Labute approximate surface area is 537 Å². The van der Waals surface area contributed by atoms with Gasteiger partial charge in [0.15, 0.2) is 17.9 Å². The number of amides is 10. The summed E-state index contributed by atoms with van der Waals surface area (Å²) in [7, 11) is 0. The lowest BCUT2D eigenvalue weighted by atomic mass is 9.84. The summed E-state index contributed by atoms with van der Waals surface area (Å²) in [6, 6.07) is 0.345. The van der Waals surface area contributed by atoms with Gasteiger partial charge in [0.25, 0.3) is 0 Å². The van der Waals surface area contributed by atoms with Crippen molar-refractivity contribution in [2.75, 3.05) is 45.8 Å². The fourth-order valence-electron chi connectivity index (χ4n) is 13.4. The topological polar surface area (TPSA) is 495 Å². The van der Waals surface area contributed by atoms with E-state index in [9.17, 15) is 43.5 Å². The fourth-order valence-corrected chi connectivity index (χ4v) is 14.2. The standard InChI is InChI=1S/C60H90N20O11S/c61-38(14-5-20-69-58(62)63)49(83)75-40(16-7-22-71-60(66)67)54(88)77-24-8-18-44(77)56(90)79-32-36(81)28-45(79)52(86)72-30-48(82)73-42(29-37-13-9-25-92-37)51(85)76-41-19-23-68-50(84)39(15-6-21-70-59(64)65)74-53(87)46-27-34-11-3-4-17-43(34)80(46)57(91)47-26-33-10-1-2-12-35(33)31-78(47)55(41)89/h1-2,9-10,12-13,25,34,36,38-47,81H,3-8,11,14-24,26-32,61H2,(H,68,84)(H,72,86)(H,73,82)(H,74,87)(H,75,83)(H,76,85)(H4,62,63,69)(H4,64,65,70)(H4,66,67,71)/t34?,36-,38-,39+,40+,41?,42-,43?,44+,45+,46+,47-/m1/s1. The smallest absolute Gasteiger partial charge is 0.246 e. The molecular weight excluding hydrogens is 1210 g/mol. The first-order valence-electron chi connectivity index (χ1n) is 31.8. The van der Waals surface area contributed by atoms with Gasteiger partial charge in [-0.25, -0.2) is 0 Å². The minimum atomic E-state index is -1.37. The molecule has 5 aliphatic heterocycles. The van der Waals surface area contributed by atoms with Crippen LogP contribution in [-0.4, -0.2) is 214 Å². The number of hydrogen-bond donors (Lipinski definition) is 14. The molecule has 6 heterocycles. The predicted molar refractivity (Wildman–Crippen MR) is 340 cm³/mol. The van der Waals surface area contributed by atoms with E-state index in [1.165, 1.54) is 26.0 Å². The van der Waals surface area contributed by atoms with Crippen LogP contribution in [0.1, 0.15) is 112 Å². The number of carbonyl (C=O) groups excluding carboxylic acids is 10. The fraction of sp³-hybridized carbons (Fsp3) is 0.617. The average Bonchev–Trinajstić information content (AvgIpc) is 1.49. The number of nitrogens with two attached hydrogens (primary N) is 7. The van der Waals surface area contributed by atoms with Crippen molar-refractivity contribution < 1.29 is 53.1 Å². The van der Waals surface area contributed by atoms with E-state index in [4.69, 9.17) is 40.1 Å². The second-order valence-corrected chi connectivity index (χ2v) is 25.5. The van der Waals surface area contributed by atoms with Gasteiger partial charge in [-0.15, -0.1) is 11.3 Å². The number of aliphatic hydroxyl groups is 1. The number of aliphatic imine (C=N–C) groups is 3. The van der Waals surface area contributed by atoms with Crippen LogP contribution in [0, 0.1) is 5.92 Å². The first kappa shape index (κ1) is 69.2. The molecule has 0 bridgehead atoms. The Balaban J connectivity index is 0.975. The molecule has 4 saturated heterocycles. The summed E-state index contributed by atoms with van der Waals surface area (Å²) in [5.74, 6) is -6.70. The summed E-state index contributed by atoms with van der Waals surface area (Å²) in [4.78, 5) is 163. The van der Waals surface area contributed by atoms with Crippen LogP contribution in [0.3, 0.4) is 0 Å². The van der Waals surface area contributed by atoms with E-state index in [-0.39, 0.29) is 133 Å². The third kappa shape index (κ3) is 18.1. The lowest BCUT2D eigenvalue weighted by Gasteiger charge is -2.43. The van der Waals surface area contributed by atoms with Gasteiger partial charge in [-0.1, -0.05) is 43.2 Å². The van der Waals surface area contributed by atoms with E-state index in [1.807, 2.05) is 24.3 Å². The summed E-state index contributed by atoms with van der Waals surface area (Å²) >= 11 is 1.31. The van der Waals surface area contributed by atoms with Crippen molar-refractivity contribution in [3.63, 3.8) is 0 Å². The average molecular weight is 1300 g/mol. The number of likely N-dealkylation sites (tertiary alicyclic amines) is 2. The number of carbonyl (C=O) groups is 10. The Bertz CT molecular complexity index is 3080. The van der Waals surface area contributed by atoms with E-state index in [2.05, 4.69) is 46.9 Å². The van der Waals surface area contributed by atoms with E-state index in [0.29, 0.717) is 37.0 Å². The lowest BCUT2D eigenvalue weighted by Crippen LogP contribution is -2.63. The molecule has 12 atom stereocenters. The highest BCUT2D eigenvalue weighted by molar-refractivity contribution is 7.09. The van der Waals surface area contributed by atoms with Crippen LogP contribution in [-0.2, 0) is 67.3 Å². The minimum absolute atomic E-state index is 0.00244. The van der Waals surface area contributed by atoms with Gasteiger partial charge in [0.2, 0.25) is 59.1 Å². The molecule has 0 radical (unpaired) electrons. The van der Waals surface area contributed by atoms with Crippen LogP contribution >= 0.6 is 11.3 Å². The largest absolute Gasteiger partial charge is 0.391 e. The Morgan fingerprint density at radius 3 is 2.12 bits per heavy atom. The zero-order chi connectivity index (χ0) is 66.2. The van der Waals surface area contributed by atoms with Crippen molar-refractivity contribution in [1.29, 1.82) is 0 Å². The van der Waals surface area contributed by atoms with E-state index in [0.717, 1.165) is 30.4 Å². The SMILES string of the molecule is NC(N)=NCCC[C@@H](N)C(=O)N[C@@H](CCCN=C(N)N)C(=O)N1CCC[C@H]1C(=O)N1C[C@H](O)C[C@H]1C(=O)NCC(=O)N[C@H](Cc1cccs1)C(=O)NC1CCNC(=O)[C@H](CCCN=C(N)N)NC(=O)[C@@H]2CC3CCCCC3N2C(=O)[C@H]2Cc3ccccc3CN2C1=O. The molecule has 2 aromatic rings. The van der Waals surface area contributed by atoms with Crippen molar-refractivity contribution >= 4 is 88.3 Å². The summed E-state index contributed by atoms with van der Waals surface area (Å²) < 4.78 is 0. The Morgan fingerprint density at radius 2 is 1.41 bits per heavy atom. The number of nitrogens with zero attached hydrogens (tertiary/aromatic N) is 7. The molecule has 31 nitrogen and oxygen atoms in total. The number of guanidine groups is 3. The number of aliphatic hydroxyl groups excluding tert-OH is 1. The summed E-state index contributed by atoms with van der Waals surface area (Å²) in [5.41, 5.74) is 40.8. The number of nitrogens with one attached hydrogen (secondary N) is 6. The van der Waals surface area contributed by atoms with Crippen molar-refractivity contribution in [2.24, 2.45) is 61.0 Å². The summed E-state index contributed by atoms with van der Waals surface area (Å²) in [5, 5.41) is 29.4. The minimum Gasteiger partial charge on any atom is -0.391 e. The zero-order valence-electron chi connectivity index (χ0n) is 51.8. The quantitative estimate of drug-likeness (QED) is 0.0267. The van der Waals surface area contributed by atoms with E-state index in [1.54, 1.807) is 22.4 Å². The van der Waals surface area contributed by atoms with Crippen molar-refractivity contribution in [2.45, 2.75) is 182 Å². The zero-order valence-corrected chi connectivity index (χ0v) is 52.6. The van der Waals surface area contributed by atoms with Crippen molar-refractivity contribution in [3.8, 4) is 0 Å². The predicted octanol–water partition coefficient (Wildman–Crippen LogP) is -4.58. The highest BCUT2D eigenvalue weighted by atomic mass is 32.1. The molecule has 0 spiro atoms. The Morgan fingerprint density at radius 1 is 0.717 bits per heavy atom. The number of thiophene rings is 1. The molecule has 5 fully saturated rings. The Kier molecular flexibility index (Phi) is 24.5. The van der Waals surface area contributed by atoms with E-state index >= 15 is 9.59 Å². The number of β-amino-alcohol motifs (C(OH)–C–C–N with tert-alkyl or cyclic N) is 1. The maximum Gasteiger partial charge on any atom is 0.246 e. The van der Waals surface area contributed by atoms with Crippen molar-refractivity contribution in [3.05, 3.63) is 57.8 Å². The van der Waals surface area contributed by atoms with Gasteiger partial charge in [-0.3, -0.25) is 62.9 Å². The van der Waals surface area contributed by atoms with Crippen LogP contribution in [0.25, 0.3) is 0 Å². The van der Waals surface area contributed by atoms with Gasteiger partial charge < -0.3 is 96.7 Å². The van der Waals surface area contributed by atoms with Crippen LogP contribution in [0.5, 0.6) is 0 Å². The number of rotatable bonds is 24. The monoisotopic (exact) mass is 1300 g/mol. The van der Waals surface area contributed by atoms with Gasteiger partial charge in [-0.05, 0) is 106 Å². The third-order valence-corrected chi connectivity index (χ3v) is 18.9.